The number of aromatic nitrogens is 2. The van der Waals surface area contributed by atoms with Crippen LogP contribution in [-0.2, 0) is 6.54 Å². The van der Waals surface area contributed by atoms with Gasteiger partial charge in [0.05, 0.1) is 17.3 Å². The predicted octanol–water partition coefficient (Wildman–Crippen LogP) is 2.96. The summed E-state index contributed by atoms with van der Waals surface area (Å²) in [5.41, 5.74) is 9.01. The summed E-state index contributed by atoms with van der Waals surface area (Å²) in [4.78, 5) is 0. The van der Waals surface area contributed by atoms with Crippen molar-refractivity contribution in [2.45, 2.75) is 26.3 Å². The van der Waals surface area contributed by atoms with Gasteiger partial charge in [-0.3, -0.25) is 4.68 Å². The second-order valence-electron chi connectivity index (χ2n) is 4.64. The van der Waals surface area contributed by atoms with Crippen molar-refractivity contribution in [3.05, 3.63) is 52.3 Å². The summed E-state index contributed by atoms with van der Waals surface area (Å²) in [5.74, 6) is 0.403. The van der Waals surface area contributed by atoms with Crippen LogP contribution in [0.25, 0.3) is 0 Å². The van der Waals surface area contributed by atoms with Crippen molar-refractivity contribution in [1.82, 2.24) is 9.78 Å². The van der Waals surface area contributed by atoms with Crippen molar-refractivity contribution >= 4 is 11.6 Å². The van der Waals surface area contributed by atoms with E-state index in [0.29, 0.717) is 17.5 Å². The number of nitrogens with zero attached hydrogens (tertiary/aromatic N) is 2. The third-order valence-electron chi connectivity index (χ3n) is 3.13. The Morgan fingerprint density at radius 3 is 2.50 bits per heavy atom. The molecule has 0 aliphatic heterocycles. The highest BCUT2D eigenvalue weighted by Gasteiger charge is 2.05. The molecule has 18 heavy (non-hydrogen) atoms. The van der Waals surface area contributed by atoms with Crippen LogP contribution in [0, 0.1) is 6.92 Å². The van der Waals surface area contributed by atoms with E-state index in [1.54, 1.807) is 0 Å². The van der Waals surface area contributed by atoms with Gasteiger partial charge in [0.1, 0.15) is 0 Å². The summed E-state index contributed by atoms with van der Waals surface area (Å²) >= 11 is 5.98. The number of benzene rings is 1. The molecule has 1 aromatic carbocycles. The van der Waals surface area contributed by atoms with E-state index < -0.39 is 0 Å². The van der Waals surface area contributed by atoms with E-state index >= 15 is 0 Å². The van der Waals surface area contributed by atoms with Gasteiger partial charge in [0.25, 0.3) is 0 Å². The first-order valence-electron chi connectivity index (χ1n) is 6.08. The molecular weight excluding hydrogens is 246 g/mol. The van der Waals surface area contributed by atoms with E-state index in [-0.39, 0.29) is 0 Å². The third-order valence-corrected chi connectivity index (χ3v) is 3.50. The van der Waals surface area contributed by atoms with Gasteiger partial charge >= 0.3 is 0 Å². The van der Waals surface area contributed by atoms with E-state index in [9.17, 15) is 0 Å². The van der Waals surface area contributed by atoms with E-state index in [1.807, 2.05) is 17.8 Å². The number of hydrogen-bond donors (Lipinski definition) is 1. The zero-order valence-corrected chi connectivity index (χ0v) is 11.5. The topological polar surface area (TPSA) is 43.8 Å². The maximum absolute atomic E-state index is 5.98. The van der Waals surface area contributed by atoms with Crippen LogP contribution < -0.4 is 5.73 Å². The van der Waals surface area contributed by atoms with E-state index in [2.05, 4.69) is 36.3 Å². The molecule has 96 valence electrons. The standard InChI is InChI=1S/C14H18ClN3/c1-10(7-16)13-5-3-12(4-6-13)8-18-9-14(15)11(2)17-18/h3-6,9-10H,7-8,16H2,1-2H3. The molecular formula is C14H18ClN3. The molecule has 3 nitrogen and oxygen atoms in total. The van der Waals surface area contributed by atoms with Gasteiger partial charge in [0, 0.05) is 6.20 Å². The molecule has 1 aromatic heterocycles. The lowest BCUT2D eigenvalue weighted by molar-refractivity contribution is 0.678. The van der Waals surface area contributed by atoms with Gasteiger partial charge in [0.2, 0.25) is 0 Å². The monoisotopic (exact) mass is 263 g/mol. The molecule has 1 unspecified atom stereocenters. The van der Waals surface area contributed by atoms with Crippen LogP contribution in [0.4, 0.5) is 0 Å². The Hall–Kier alpha value is -1.32. The van der Waals surface area contributed by atoms with Crippen LogP contribution in [0.3, 0.4) is 0 Å². The minimum Gasteiger partial charge on any atom is -0.330 e. The Kier molecular flexibility index (Phi) is 4.04. The number of hydrogen-bond acceptors (Lipinski definition) is 2. The Bertz CT molecular complexity index is 497. The van der Waals surface area contributed by atoms with Crippen molar-refractivity contribution in [1.29, 1.82) is 0 Å². The molecule has 4 heteroatoms. The van der Waals surface area contributed by atoms with Crippen LogP contribution in [0.1, 0.15) is 29.7 Å². The van der Waals surface area contributed by atoms with E-state index in [4.69, 9.17) is 17.3 Å². The maximum Gasteiger partial charge on any atom is 0.0815 e. The molecule has 0 aliphatic rings. The highest BCUT2D eigenvalue weighted by atomic mass is 35.5. The summed E-state index contributed by atoms with van der Waals surface area (Å²) in [6.45, 7) is 5.45. The number of rotatable bonds is 4. The number of aryl methyl sites for hydroxylation is 1. The average molecular weight is 264 g/mol. The Morgan fingerprint density at radius 2 is 2.00 bits per heavy atom. The van der Waals surface area contributed by atoms with Gasteiger partial charge in [0.15, 0.2) is 0 Å². The molecule has 0 fully saturated rings. The third kappa shape index (κ3) is 2.92. The smallest absolute Gasteiger partial charge is 0.0815 e. The highest BCUT2D eigenvalue weighted by Crippen LogP contribution is 2.16. The molecule has 0 spiro atoms. The summed E-state index contributed by atoms with van der Waals surface area (Å²) in [6, 6.07) is 8.49. The van der Waals surface area contributed by atoms with Crippen molar-refractivity contribution < 1.29 is 0 Å². The fraction of sp³-hybridized carbons (Fsp3) is 0.357. The zero-order valence-electron chi connectivity index (χ0n) is 10.7. The van der Waals surface area contributed by atoms with Crippen molar-refractivity contribution in [2.75, 3.05) is 6.54 Å². The fourth-order valence-corrected chi connectivity index (χ4v) is 2.00. The van der Waals surface area contributed by atoms with Crippen LogP contribution >= 0.6 is 11.6 Å². The van der Waals surface area contributed by atoms with Crippen LogP contribution in [0.2, 0.25) is 5.02 Å². The van der Waals surface area contributed by atoms with Gasteiger partial charge < -0.3 is 5.73 Å². The summed E-state index contributed by atoms with van der Waals surface area (Å²) in [5, 5.41) is 5.06. The molecule has 1 heterocycles. The van der Waals surface area contributed by atoms with E-state index in [1.165, 1.54) is 11.1 Å². The molecule has 2 rings (SSSR count). The summed E-state index contributed by atoms with van der Waals surface area (Å²) in [7, 11) is 0. The summed E-state index contributed by atoms with van der Waals surface area (Å²) < 4.78 is 1.86. The van der Waals surface area contributed by atoms with E-state index in [0.717, 1.165) is 12.2 Å². The van der Waals surface area contributed by atoms with Gasteiger partial charge in [-0.05, 0) is 30.5 Å². The lowest BCUT2D eigenvalue weighted by atomic mass is 10.0. The number of halogens is 1. The second kappa shape index (κ2) is 5.55. The molecule has 0 amide bonds. The van der Waals surface area contributed by atoms with Gasteiger partial charge in [-0.2, -0.15) is 5.10 Å². The second-order valence-corrected chi connectivity index (χ2v) is 5.05. The van der Waals surface area contributed by atoms with Gasteiger partial charge in [-0.25, -0.2) is 0 Å². The number of nitrogens with two attached hydrogens (primary N) is 1. The van der Waals surface area contributed by atoms with Gasteiger partial charge in [-0.1, -0.05) is 42.8 Å². The normalized spacial score (nSPS) is 12.7. The molecule has 0 radical (unpaired) electrons. The summed E-state index contributed by atoms with van der Waals surface area (Å²) in [6.07, 6.45) is 1.85. The molecule has 1 atom stereocenters. The molecule has 2 N–H and O–H groups in total. The molecule has 0 saturated carbocycles. The Labute approximate surface area is 113 Å². The van der Waals surface area contributed by atoms with Crippen LogP contribution in [0.15, 0.2) is 30.5 Å². The molecule has 0 saturated heterocycles. The highest BCUT2D eigenvalue weighted by molar-refractivity contribution is 6.31. The minimum atomic E-state index is 0.403. The van der Waals surface area contributed by atoms with Gasteiger partial charge in [-0.15, -0.1) is 0 Å². The molecule has 2 aromatic rings. The van der Waals surface area contributed by atoms with Crippen molar-refractivity contribution in [3.8, 4) is 0 Å². The predicted molar refractivity (Wildman–Crippen MR) is 75.0 cm³/mol. The van der Waals surface area contributed by atoms with Crippen molar-refractivity contribution in [3.63, 3.8) is 0 Å². The Balaban J connectivity index is 2.10. The molecule has 0 aliphatic carbocycles. The van der Waals surface area contributed by atoms with Crippen LogP contribution in [-0.4, -0.2) is 16.3 Å². The fourth-order valence-electron chi connectivity index (χ4n) is 1.85. The largest absolute Gasteiger partial charge is 0.330 e. The zero-order chi connectivity index (χ0) is 13.1. The average Bonchev–Trinajstić information content (AvgIpc) is 2.68. The Morgan fingerprint density at radius 1 is 1.33 bits per heavy atom. The first kappa shape index (κ1) is 13.1. The quantitative estimate of drug-likeness (QED) is 0.922. The SMILES string of the molecule is Cc1nn(Cc2ccc(C(C)CN)cc2)cc1Cl. The minimum absolute atomic E-state index is 0.403. The van der Waals surface area contributed by atoms with Crippen molar-refractivity contribution in [2.24, 2.45) is 5.73 Å². The lowest BCUT2D eigenvalue weighted by Gasteiger charge is -2.09. The lowest BCUT2D eigenvalue weighted by Crippen LogP contribution is -2.09. The maximum atomic E-state index is 5.98. The first-order chi connectivity index (χ1) is 8.60. The first-order valence-corrected chi connectivity index (χ1v) is 6.46. The molecule has 0 bridgehead atoms. The van der Waals surface area contributed by atoms with Crippen LogP contribution in [0.5, 0.6) is 0 Å².